The van der Waals surface area contributed by atoms with Crippen molar-refractivity contribution in [1.82, 2.24) is 9.69 Å². The number of fused-ring (bicyclic) bond motifs is 1. The van der Waals surface area contributed by atoms with Crippen molar-refractivity contribution < 1.29 is 4.79 Å². The normalized spacial score (nSPS) is 10.2. The highest BCUT2D eigenvalue weighted by atomic mass is 32.1. The molecule has 0 aliphatic heterocycles. The van der Waals surface area contributed by atoms with Crippen molar-refractivity contribution >= 4 is 28.3 Å². The van der Waals surface area contributed by atoms with Gasteiger partial charge in [-0.05, 0) is 17.6 Å². The van der Waals surface area contributed by atoms with Crippen LogP contribution in [0.15, 0.2) is 24.3 Å². The number of rotatable bonds is 1. The lowest BCUT2D eigenvalue weighted by atomic mass is 10.2. The Morgan fingerprint density at radius 3 is 3.00 bits per heavy atom. The zero-order chi connectivity index (χ0) is 9.26. The Hall–Kier alpha value is -1.42. The Bertz CT molecular complexity index is 450. The van der Waals surface area contributed by atoms with Crippen molar-refractivity contribution in [3.8, 4) is 0 Å². The minimum absolute atomic E-state index is 0.0706. The molecule has 0 spiro atoms. The van der Waals surface area contributed by atoms with E-state index >= 15 is 0 Å². The first-order chi connectivity index (χ1) is 6.33. The lowest BCUT2D eigenvalue weighted by Gasteiger charge is -1.94. The molecule has 2 rings (SSSR count). The molecule has 0 atom stereocenters. The highest BCUT2D eigenvalue weighted by Crippen LogP contribution is 2.21. The van der Waals surface area contributed by atoms with Crippen LogP contribution in [0.4, 0.5) is 0 Å². The molecular weight excluding hydrogens is 184 g/mol. The smallest absolute Gasteiger partial charge is 0.263 e. The van der Waals surface area contributed by atoms with E-state index in [1.54, 1.807) is 7.05 Å². The molecule has 0 radical (unpaired) electrons. The number of hydrogen-bond donors (Lipinski definition) is 1. The number of nitrogens with zero attached hydrogens (tertiary/aromatic N) is 1. The molecule has 2 aromatic rings. The standard InChI is InChI=1S/C9H8N2OS/c1-10-9(12)8-6-4-2-3-5-7(6)11-13-8/h2-5H,1H3,(H,10,12). The first-order valence-corrected chi connectivity index (χ1v) is 4.67. The average Bonchev–Trinajstić information content (AvgIpc) is 2.60. The fraction of sp³-hybridized carbons (Fsp3) is 0.111. The van der Waals surface area contributed by atoms with Gasteiger partial charge >= 0.3 is 0 Å². The fourth-order valence-corrected chi connectivity index (χ4v) is 1.97. The predicted octanol–water partition coefficient (Wildman–Crippen LogP) is 1.66. The minimum Gasteiger partial charge on any atom is -0.354 e. The van der Waals surface area contributed by atoms with Crippen molar-refractivity contribution in [1.29, 1.82) is 0 Å². The highest BCUT2D eigenvalue weighted by molar-refractivity contribution is 7.09. The van der Waals surface area contributed by atoms with E-state index < -0.39 is 0 Å². The quantitative estimate of drug-likeness (QED) is 0.746. The summed E-state index contributed by atoms with van der Waals surface area (Å²) in [5.74, 6) is -0.0706. The second-order valence-electron chi connectivity index (χ2n) is 2.61. The SMILES string of the molecule is CNC(=O)c1snc2ccccc12. The van der Waals surface area contributed by atoms with Gasteiger partial charge in [0.1, 0.15) is 4.88 Å². The van der Waals surface area contributed by atoms with Crippen molar-refractivity contribution in [3.05, 3.63) is 29.1 Å². The van der Waals surface area contributed by atoms with E-state index in [1.807, 2.05) is 24.3 Å². The second-order valence-corrected chi connectivity index (χ2v) is 3.38. The summed E-state index contributed by atoms with van der Waals surface area (Å²) < 4.78 is 4.17. The van der Waals surface area contributed by atoms with Crippen LogP contribution >= 0.6 is 11.5 Å². The molecule has 0 unspecified atom stereocenters. The monoisotopic (exact) mass is 192 g/mol. The average molecular weight is 192 g/mol. The summed E-state index contributed by atoms with van der Waals surface area (Å²) in [7, 11) is 1.62. The summed E-state index contributed by atoms with van der Waals surface area (Å²) in [6, 6.07) is 7.63. The maximum atomic E-state index is 11.3. The van der Waals surface area contributed by atoms with Gasteiger partial charge in [-0.15, -0.1) is 0 Å². The van der Waals surface area contributed by atoms with Crippen LogP contribution in [0, 0.1) is 0 Å². The molecule has 66 valence electrons. The Kier molecular flexibility index (Phi) is 1.98. The summed E-state index contributed by atoms with van der Waals surface area (Å²) in [4.78, 5) is 12.0. The largest absolute Gasteiger partial charge is 0.354 e. The molecule has 1 heterocycles. The predicted molar refractivity (Wildman–Crippen MR) is 53.0 cm³/mol. The number of amides is 1. The molecule has 4 heteroatoms. The van der Waals surface area contributed by atoms with Gasteiger partial charge in [0.05, 0.1) is 5.52 Å². The molecule has 0 aliphatic carbocycles. The fourth-order valence-electron chi connectivity index (χ4n) is 1.17. The lowest BCUT2D eigenvalue weighted by Crippen LogP contribution is -2.16. The molecule has 0 saturated heterocycles. The van der Waals surface area contributed by atoms with Gasteiger partial charge in [0.15, 0.2) is 0 Å². The van der Waals surface area contributed by atoms with Gasteiger partial charge in [-0.1, -0.05) is 18.2 Å². The minimum atomic E-state index is -0.0706. The molecule has 13 heavy (non-hydrogen) atoms. The molecule has 3 nitrogen and oxygen atoms in total. The van der Waals surface area contributed by atoms with Crippen LogP contribution in [0.1, 0.15) is 9.67 Å². The number of hydrogen-bond acceptors (Lipinski definition) is 3. The van der Waals surface area contributed by atoms with Crippen LogP contribution in [-0.4, -0.2) is 17.3 Å². The third kappa shape index (κ3) is 1.29. The number of nitrogens with one attached hydrogen (secondary N) is 1. The summed E-state index contributed by atoms with van der Waals surface area (Å²) in [6.45, 7) is 0. The first kappa shape index (κ1) is 8.19. The number of aromatic nitrogens is 1. The zero-order valence-corrected chi connectivity index (χ0v) is 7.89. The molecule has 0 fully saturated rings. The molecule has 1 aromatic carbocycles. The number of benzene rings is 1. The van der Waals surface area contributed by atoms with Gasteiger partial charge in [0.2, 0.25) is 0 Å². The summed E-state index contributed by atoms with van der Waals surface area (Å²) >= 11 is 1.23. The van der Waals surface area contributed by atoms with Crippen LogP contribution in [0.5, 0.6) is 0 Å². The van der Waals surface area contributed by atoms with E-state index in [0.29, 0.717) is 4.88 Å². The molecule has 0 bridgehead atoms. The van der Waals surface area contributed by atoms with Crippen LogP contribution in [-0.2, 0) is 0 Å². The Labute approximate surface area is 79.6 Å². The third-order valence-electron chi connectivity index (χ3n) is 1.82. The molecule has 1 amide bonds. The van der Waals surface area contributed by atoms with Crippen molar-refractivity contribution in [2.24, 2.45) is 0 Å². The van der Waals surface area contributed by atoms with E-state index in [1.165, 1.54) is 11.5 Å². The van der Waals surface area contributed by atoms with E-state index in [2.05, 4.69) is 9.69 Å². The van der Waals surface area contributed by atoms with Gasteiger partial charge in [-0.3, -0.25) is 4.79 Å². The van der Waals surface area contributed by atoms with E-state index in [9.17, 15) is 4.79 Å². The van der Waals surface area contributed by atoms with Crippen LogP contribution in [0.3, 0.4) is 0 Å². The number of carbonyl (C=O) groups is 1. The van der Waals surface area contributed by atoms with E-state index in [0.717, 1.165) is 10.9 Å². The maximum absolute atomic E-state index is 11.3. The van der Waals surface area contributed by atoms with Crippen molar-refractivity contribution in [2.45, 2.75) is 0 Å². The van der Waals surface area contributed by atoms with Gasteiger partial charge in [0.25, 0.3) is 5.91 Å². The van der Waals surface area contributed by atoms with E-state index in [4.69, 9.17) is 0 Å². The molecular formula is C9H8N2OS. The highest BCUT2D eigenvalue weighted by Gasteiger charge is 2.11. The Morgan fingerprint density at radius 2 is 2.23 bits per heavy atom. The van der Waals surface area contributed by atoms with Gasteiger partial charge in [-0.2, -0.15) is 4.37 Å². The third-order valence-corrected chi connectivity index (χ3v) is 2.69. The van der Waals surface area contributed by atoms with Crippen molar-refractivity contribution in [2.75, 3.05) is 7.05 Å². The van der Waals surface area contributed by atoms with Crippen LogP contribution in [0.25, 0.3) is 10.9 Å². The lowest BCUT2D eigenvalue weighted by molar-refractivity contribution is 0.0968. The Balaban J connectivity index is 2.64. The topological polar surface area (TPSA) is 42.0 Å². The molecule has 0 aliphatic rings. The van der Waals surface area contributed by atoms with Gasteiger partial charge < -0.3 is 5.32 Å². The van der Waals surface area contributed by atoms with E-state index in [-0.39, 0.29) is 5.91 Å². The Morgan fingerprint density at radius 1 is 1.46 bits per heavy atom. The van der Waals surface area contributed by atoms with Crippen LogP contribution < -0.4 is 5.32 Å². The molecule has 1 N–H and O–H groups in total. The molecule has 1 aromatic heterocycles. The van der Waals surface area contributed by atoms with Gasteiger partial charge in [-0.25, -0.2) is 0 Å². The van der Waals surface area contributed by atoms with Crippen LogP contribution in [0.2, 0.25) is 0 Å². The summed E-state index contributed by atoms with van der Waals surface area (Å²) in [5.41, 5.74) is 0.881. The van der Waals surface area contributed by atoms with Crippen molar-refractivity contribution in [3.63, 3.8) is 0 Å². The molecule has 0 saturated carbocycles. The summed E-state index contributed by atoms with van der Waals surface area (Å²) in [6.07, 6.45) is 0. The second kappa shape index (κ2) is 3.14. The first-order valence-electron chi connectivity index (χ1n) is 3.89. The van der Waals surface area contributed by atoms with Gasteiger partial charge in [0, 0.05) is 12.4 Å². The zero-order valence-electron chi connectivity index (χ0n) is 7.07. The maximum Gasteiger partial charge on any atom is 0.263 e. The summed E-state index contributed by atoms with van der Waals surface area (Å²) in [5, 5.41) is 3.51. The number of carbonyl (C=O) groups excluding carboxylic acids is 1.